The average molecular weight is 151 g/mol. The van der Waals surface area contributed by atoms with Gasteiger partial charge in [-0.25, -0.2) is 4.79 Å². The van der Waals surface area contributed by atoms with E-state index < -0.39 is 0 Å². The first-order chi connectivity index (χ1) is 5.27. The summed E-state index contributed by atoms with van der Waals surface area (Å²) in [5.41, 5.74) is 0. The quantitative estimate of drug-likeness (QED) is 0.442. The lowest BCUT2D eigenvalue weighted by Crippen LogP contribution is -2.10. The fraction of sp³-hybridized carbons (Fsp3) is 0.333. The van der Waals surface area contributed by atoms with Crippen molar-refractivity contribution in [2.45, 2.75) is 0 Å². The number of hydrogen-bond acceptors (Lipinski definition) is 2. The second kappa shape index (κ2) is 7.00. The lowest BCUT2D eigenvalue weighted by atomic mass is 10.4. The molecule has 0 radical (unpaired) electrons. The van der Waals surface area contributed by atoms with Crippen molar-refractivity contribution in [1.82, 2.24) is 4.90 Å². The van der Waals surface area contributed by atoms with Crippen LogP contribution >= 0.6 is 0 Å². The van der Waals surface area contributed by atoms with Gasteiger partial charge in [-0.15, -0.1) is 0 Å². The second-order valence-corrected chi connectivity index (χ2v) is 2.36. The molecule has 0 spiro atoms. The molecule has 0 rings (SSSR count). The molecule has 0 aromatic heterocycles. The molecule has 0 aliphatic rings. The summed E-state index contributed by atoms with van der Waals surface area (Å²) in [5.74, 6) is 1.66. The molecular formula is C9H13NO. The number of rotatable bonds is 4. The van der Waals surface area contributed by atoms with Crippen LogP contribution in [0.3, 0.4) is 0 Å². The van der Waals surface area contributed by atoms with Crippen molar-refractivity contribution in [2.24, 2.45) is 0 Å². The maximum Gasteiger partial charge on any atom is 0.124 e. The third kappa shape index (κ3) is 8.89. The highest BCUT2D eigenvalue weighted by Crippen LogP contribution is 1.79. The van der Waals surface area contributed by atoms with E-state index in [0.29, 0.717) is 0 Å². The SMILES string of the molecule is CN(C)CC=CC=CC=C=O. The van der Waals surface area contributed by atoms with Crippen molar-refractivity contribution in [1.29, 1.82) is 0 Å². The van der Waals surface area contributed by atoms with Crippen LogP contribution in [0.15, 0.2) is 30.4 Å². The fourth-order valence-electron chi connectivity index (χ4n) is 0.509. The van der Waals surface area contributed by atoms with Crippen LogP contribution < -0.4 is 0 Å². The van der Waals surface area contributed by atoms with Gasteiger partial charge < -0.3 is 4.90 Å². The first-order valence-corrected chi connectivity index (χ1v) is 3.45. The van der Waals surface area contributed by atoms with Gasteiger partial charge in [0, 0.05) is 12.6 Å². The fourth-order valence-corrected chi connectivity index (χ4v) is 0.509. The van der Waals surface area contributed by atoms with E-state index >= 15 is 0 Å². The van der Waals surface area contributed by atoms with Gasteiger partial charge in [-0.05, 0) is 14.1 Å². The van der Waals surface area contributed by atoms with E-state index in [1.54, 1.807) is 18.1 Å². The number of hydrogen-bond donors (Lipinski definition) is 0. The van der Waals surface area contributed by atoms with E-state index in [1.165, 1.54) is 6.08 Å². The highest BCUT2D eigenvalue weighted by Gasteiger charge is 1.78. The van der Waals surface area contributed by atoms with Gasteiger partial charge in [0.05, 0.1) is 0 Å². The average Bonchev–Trinajstić information content (AvgIpc) is 1.96. The summed E-state index contributed by atoms with van der Waals surface area (Å²) >= 11 is 0. The van der Waals surface area contributed by atoms with Crippen LogP contribution in [0.5, 0.6) is 0 Å². The number of likely N-dealkylation sites (N-methyl/N-ethyl adjacent to an activating group) is 1. The molecule has 2 heteroatoms. The third-order valence-electron chi connectivity index (χ3n) is 0.993. The topological polar surface area (TPSA) is 20.3 Å². The van der Waals surface area contributed by atoms with Crippen molar-refractivity contribution in [3.05, 3.63) is 30.4 Å². The van der Waals surface area contributed by atoms with E-state index in [4.69, 9.17) is 0 Å². The molecule has 0 saturated carbocycles. The minimum absolute atomic E-state index is 0.912. The summed E-state index contributed by atoms with van der Waals surface area (Å²) in [6, 6.07) is 0. The zero-order valence-electron chi connectivity index (χ0n) is 6.95. The number of allylic oxidation sites excluding steroid dienone is 4. The molecule has 11 heavy (non-hydrogen) atoms. The van der Waals surface area contributed by atoms with Gasteiger partial charge in [0.15, 0.2) is 0 Å². The van der Waals surface area contributed by atoms with Crippen LogP contribution in [0.2, 0.25) is 0 Å². The van der Waals surface area contributed by atoms with Gasteiger partial charge >= 0.3 is 0 Å². The molecule has 0 fully saturated rings. The van der Waals surface area contributed by atoms with Gasteiger partial charge in [0.2, 0.25) is 0 Å². The molecule has 0 heterocycles. The molecule has 0 N–H and O–H groups in total. The Balaban J connectivity index is 3.51. The first-order valence-electron chi connectivity index (χ1n) is 3.45. The standard InChI is InChI=1S/C9H13NO/c1-10(2)8-6-4-3-5-7-9-11/h3-7H,8H2,1-2H3. The highest BCUT2D eigenvalue weighted by atomic mass is 16.1. The number of nitrogens with zero attached hydrogens (tertiary/aromatic N) is 1. The van der Waals surface area contributed by atoms with Crippen LogP contribution in [-0.2, 0) is 4.79 Å². The maximum atomic E-state index is 9.68. The summed E-state index contributed by atoms with van der Waals surface area (Å²) in [6.45, 7) is 0.912. The predicted octanol–water partition coefficient (Wildman–Crippen LogP) is 1.05. The lowest BCUT2D eigenvalue weighted by molar-refractivity contribution is 0.456. The summed E-state index contributed by atoms with van der Waals surface area (Å²) in [5, 5.41) is 0. The van der Waals surface area contributed by atoms with E-state index in [9.17, 15) is 4.79 Å². The Morgan fingerprint density at radius 1 is 1.27 bits per heavy atom. The van der Waals surface area contributed by atoms with Crippen LogP contribution in [0.4, 0.5) is 0 Å². The van der Waals surface area contributed by atoms with Crippen LogP contribution in [0, 0.1) is 0 Å². The highest BCUT2D eigenvalue weighted by molar-refractivity contribution is 5.48. The van der Waals surface area contributed by atoms with Gasteiger partial charge in [-0.3, -0.25) is 0 Å². The molecule has 0 aliphatic heterocycles. The van der Waals surface area contributed by atoms with Crippen molar-refractivity contribution in [3.8, 4) is 0 Å². The molecule has 0 aromatic rings. The molecule has 0 atom stereocenters. The Labute approximate surface area is 67.5 Å². The molecule has 0 aromatic carbocycles. The van der Waals surface area contributed by atoms with E-state index in [0.717, 1.165) is 6.54 Å². The Bertz CT molecular complexity index is 186. The summed E-state index contributed by atoms with van der Waals surface area (Å²) in [6.07, 6.45) is 8.69. The summed E-state index contributed by atoms with van der Waals surface area (Å²) in [7, 11) is 4.00. The maximum absolute atomic E-state index is 9.68. The minimum Gasteiger partial charge on any atom is -0.306 e. The summed E-state index contributed by atoms with van der Waals surface area (Å²) in [4.78, 5) is 11.7. The third-order valence-corrected chi connectivity index (χ3v) is 0.993. The smallest absolute Gasteiger partial charge is 0.124 e. The van der Waals surface area contributed by atoms with Crippen molar-refractivity contribution >= 4 is 5.94 Å². The minimum atomic E-state index is 0.912. The second-order valence-electron chi connectivity index (χ2n) is 2.36. The normalized spacial score (nSPS) is 11.2. The largest absolute Gasteiger partial charge is 0.306 e. The Kier molecular flexibility index (Phi) is 6.30. The Morgan fingerprint density at radius 3 is 2.55 bits per heavy atom. The van der Waals surface area contributed by atoms with Gasteiger partial charge in [-0.2, -0.15) is 0 Å². The molecule has 0 amide bonds. The summed E-state index contributed by atoms with van der Waals surface area (Å²) < 4.78 is 0. The van der Waals surface area contributed by atoms with E-state index in [-0.39, 0.29) is 0 Å². The number of carbonyl (C=O) groups excluding carboxylic acids is 1. The van der Waals surface area contributed by atoms with Crippen LogP contribution in [0.25, 0.3) is 0 Å². The van der Waals surface area contributed by atoms with Gasteiger partial charge in [0.25, 0.3) is 0 Å². The Morgan fingerprint density at radius 2 is 2.00 bits per heavy atom. The monoisotopic (exact) mass is 151 g/mol. The van der Waals surface area contributed by atoms with Crippen molar-refractivity contribution in [3.63, 3.8) is 0 Å². The zero-order valence-corrected chi connectivity index (χ0v) is 6.95. The molecule has 60 valence electrons. The first kappa shape index (κ1) is 9.89. The van der Waals surface area contributed by atoms with Gasteiger partial charge in [-0.1, -0.05) is 24.3 Å². The van der Waals surface area contributed by atoms with E-state index in [2.05, 4.69) is 4.90 Å². The molecule has 0 saturated heterocycles. The van der Waals surface area contributed by atoms with Crippen molar-refractivity contribution < 1.29 is 4.79 Å². The molecule has 0 bridgehead atoms. The van der Waals surface area contributed by atoms with E-state index in [1.807, 2.05) is 26.2 Å². The zero-order chi connectivity index (χ0) is 8.53. The molecular weight excluding hydrogens is 138 g/mol. The molecule has 0 unspecified atom stereocenters. The van der Waals surface area contributed by atoms with Gasteiger partial charge in [0.1, 0.15) is 5.94 Å². The lowest BCUT2D eigenvalue weighted by Gasteiger charge is -2.02. The van der Waals surface area contributed by atoms with Crippen molar-refractivity contribution in [2.75, 3.05) is 20.6 Å². The Hall–Kier alpha value is -1.11. The van der Waals surface area contributed by atoms with Crippen LogP contribution in [-0.4, -0.2) is 31.5 Å². The predicted molar refractivity (Wildman–Crippen MR) is 47.1 cm³/mol. The molecule has 2 nitrogen and oxygen atoms in total. The molecule has 0 aliphatic carbocycles. The van der Waals surface area contributed by atoms with Crippen LogP contribution in [0.1, 0.15) is 0 Å².